The molecule has 3 rings (SSSR count). The molecule has 8 heteroatoms. The van der Waals surface area contributed by atoms with Gasteiger partial charge >= 0.3 is 5.97 Å². The number of esters is 1. The van der Waals surface area contributed by atoms with Crippen LogP contribution in [-0.4, -0.2) is 53.9 Å². The van der Waals surface area contributed by atoms with E-state index in [0.717, 1.165) is 5.56 Å². The smallest absolute Gasteiger partial charge is 0.342 e. The highest BCUT2D eigenvalue weighted by atomic mass is 16.5. The minimum Gasteiger partial charge on any atom is -0.497 e. The third kappa shape index (κ3) is 3.60. The summed E-state index contributed by atoms with van der Waals surface area (Å²) in [4.78, 5) is 26.7. The van der Waals surface area contributed by atoms with Crippen molar-refractivity contribution in [2.45, 2.75) is 25.5 Å². The standard InChI is InChI=1S/C19H23N3O5/c1-11-15(10-21(2)20-11)19(24)27-17-9-16(22(3)18(17)23)12-6-13(25-4)8-14(7-12)26-5/h6-8,10,16-17H,9H2,1-5H3. The van der Waals surface area contributed by atoms with E-state index in [1.165, 1.54) is 0 Å². The van der Waals surface area contributed by atoms with Crippen LogP contribution in [0, 0.1) is 6.92 Å². The van der Waals surface area contributed by atoms with Crippen LogP contribution in [0.1, 0.15) is 34.1 Å². The lowest BCUT2D eigenvalue weighted by molar-refractivity contribution is -0.134. The number of amides is 1. The summed E-state index contributed by atoms with van der Waals surface area (Å²) in [7, 11) is 6.57. The first kappa shape index (κ1) is 18.8. The molecule has 1 fully saturated rings. The molecule has 1 aromatic carbocycles. The van der Waals surface area contributed by atoms with E-state index in [9.17, 15) is 9.59 Å². The first-order chi connectivity index (χ1) is 12.8. The number of methoxy groups -OCH3 is 2. The number of benzene rings is 1. The maximum Gasteiger partial charge on any atom is 0.342 e. The van der Waals surface area contributed by atoms with Gasteiger partial charge in [-0.25, -0.2) is 4.79 Å². The zero-order chi connectivity index (χ0) is 19.7. The van der Waals surface area contributed by atoms with E-state index in [0.29, 0.717) is 29.2 Å². The summed E-state index contributed by atoms with van der Waals surface area (Å²) in [6, 6.07) is 5.23. The first-order valence-corrected chi connectivity index (χ1v) is 8.55. The highest BCUT2D eigenvalue weighted by Crippen LogP contribution is 2.37. The molecule has 1 aliphatic rings. The van der Waals surface area contributed by atoms with Gasteiger partial charge in [0, 0.05) is 32.8 Å². The second kappa shape index (κ2) is 7.30. The Bertz CT molecular complexity index is 854. The molecule has 0 radical (unpaired) electrons. The third-order valence-electron chi connectivity index (χ3n) is 4.77. The van der Waals surface area contributed by atoms with Gasteiger partial charge in [-0.05, 0) is 24.6 Å². The number of likely N-dealkylation sites (N-methyl/N-ethyl adjacent to an activating group) is 1. The summed E-state index contributed by atoms with van der Waals surface area (Å²) in [6.07, 6.45) is 1.10. The quantitative estimate of drug-likeness (QED) is 0.744. The minimum atomic E-state index is -0.843. The van der Waals surface area contributed by atoms with Crippen molar-refractivity contribution in [2.24, 2.45) is 7.05 Å². The Morgan fingerprint density at radius 3 is 2.30 bits per heavy atom. The predicted molar refractivity (Wildman–Crippen MR) is 96.8 cm³/mol. The maximum atomic E-state index is 12.6. The highest BCUT2D eigenvalue weighted by molar-refractivity contribution is 5.93. The Morgan fingerprint density at radius 1 is 1.15 bits per heavy atom. The number of nitrogens with zero attached hydrogens (tertiary/aromatic N) is 3. The van der Waals surface area contributed by atoms with Crippen molar-refractivity contribution in [3.05, 3.63) is 41.2 Å². The van der Waals surface area contributed by atoms with Gasteiger partial charge in [0.2, 0.25) is 0 Å². The van der Waals surface area contributed by atoms with Crippen LogP contribution in [0.4, 0.5) is 0 Å². The van der Waals surface area contributed by atoms with Crippen molar-refractivity contribution >= 4 is 11.9 Å². The highest BCUT2D eigenvalue weighted by Gasteiger charge is 2.41. The second-order valence-electron chi connectivity index (χ2n) is 6.54. The van der Waals surface area contributed by atoms with Crippen LogP contribution in [0.3, 0.4) is 0 Å². The molecule has 144 valence electrons. The second-order valence-corrected chi connectivity index (χ2v) is 6.54. The SMILES string of the molecule is COc1cc(OC)cc(C2CC(OC(=O)c3cn(C)nc3C)C(=O)N2C)c1. The number of aryl methyl sites for hydroxylation is 2. The van der Waals surface area contributed by atoms with Crippen molar-refractivity contribution in [3.63, 3.8) is 0 Å². The van der Waals surface area contributed by atoms with Gasteiger partial charge in [-0.1, -0.05) is 0 Å². The van der Waals surface area contributed by atoms with E-state index in [4.69, 9.17) is 14.2 Å². The number of hydrogen-bond donors (Lipinski definition) is 0. The summed E-state index contributed by atoms with van der Waals surface area (Å²) in [5.41, 5.74) is 1.79. The Hall–Kier alpha value is -3.03. The fourth-order valence-electron chi connectivity index (χ4n) is 3.32. The molecule has 2 heterocycles. The van der Waals surface area contributed by atoms with Crippen molar-refractivity contribution in [1.29, 1.82) is 0 Å². The molecule has 2 unspecified atom stereocenters. The van der Waals surface area contributed by atoms with Gasteiger partial charge in [-0.2, -0.15) is 5.10 Å². The largest absolute Gasteiger partial charge is 0.497 e. The number of aromatic nitrogens is 2. The molecule has 27 heavy (non-hydrogen) atoms. The lowest BCUT2D eigenvalue weighted by atomic mass is 10.0. The third-order valence-corrected chi connectivity index (χ3v) is 4.77. The van der Waals surface area contributed by atoms with Crippen molar-refractivity contribution in [3.8, 4) is 11.5 Å². The van der Waals surface area contributed by atoms with E-state index < -0.39 is 12.1 Å². The monoisotopic (exact) mass is 373 g/mol. The number of rotatable bonds is 5. The zero-order valence-corrected chi connectivity index (χ0v) is 16.1. The van der Waals surface area contributed by atoms with Crippen LogP contribution < -0.4 is 9.47 Å². The predicted octanol–water partition coefficient (Wildman–Crippen LogP) is 1.87. The van der Waals surface area contributed by atoms with Gasteiger partial charge in [0.15, 0.2) is 6.10 Å². The maximum absolute atomic E-state index is 12.6. The number of hydrogen-bond acceptors (Lipinski definition) is 6. The van der Waals surface area contributed by atoms with E-state index in [1.54, 1.807) is 57.1 Å². The van der Waals surface area contributed by atoms with E-state index in [1.807, 2.05) is 12.1 Å². The van der Waals surface area contributed by atoms with Crippen LogP contribution in [0.25, 0.3) is 0 Å². The molecule has 1 amide bonds. The average Bonchev–Trinajstić information content (AvgIpc) is 3.14. The molecule has 1 saturated heterocycles. The normalized spacial score (nSPS) is 19.3. The molecular weight excluding hydrogens is 350 g/mol. The summed E-state index contributed by atoms with van der Waals surface area (Å²) < 4.78 is 17.6. The van der Waals surface area contributed by atoms with Crippen LogP contribution >= 0.6 is 0 Å². The molecule has 0 spiro atoms. The van der Waals surface area contributed by atoms with Crippen LogP contribution in [0.2, 0.25) is 0 Å². The van der Waals surface area contributed by atoms with Crippen molar-refractivity contribution in [1.82, 2.24) is 14.7 Å². The minimum absolute atomic E-state index is 0.239. The van der Waals surface area contributed by atoms with Crippen molar-refractivity contribution in [2.75, 3.05) is 21.3 Å². The molecule has 0 saturated carbocycles. The number of carbonyl (C=O) groups excluding carboxylic acids is 2. The molecule has 1 aliphatic heterocycles. The summed E-state index contributed by atoms with van der Waals surface area (Å²) >= 11 is 0. The van der Waals surface area contributed by atoms with Gasteiger partial charge in [0.25, 0.3) is 5.91 Å². The summed E-state index contributed by atoms with van der Waals surface area (Å²) in [5.74, 6) is 0.487. The summed E-state index contributed by atoms with van der Waals surface area (Å²) in [6.45, 7) is 1.73. The zero-order valence-electron chi connectivity index (χ0n) is 16.1. The fraction of sp³-hybridized carbons (Fsp3) is 0.421. The number of carbonyl (C=O) groups is 2. The van der Waals surface area contributed by atoms with Gasteiger partial charge in [-0.3, -0.25) is 9.48 Å². The lowest BCUT2D eigenvalue weighted by Crippen LogP contribution is -2.30. The Balaban J connectivity index is 1.81. The van der Waals surface area contributed by atoms with Gasteiger partial charge in [-0.15, -0.1) is 0 Å². The van der Waals surface area contributed by atoms with Crippen molar-refractivity contribution < 1.29 is 23.8 Å². The Morgan fingerprint density at radius 2 is 1.78 bits per heavy atom. The molecule has 0 N–H and O–H groups in total. The van der Waals surface area contributed by atoms with E-state index >= 15 is 0 Å². The molecule has 0 aliphatic carbocycles. The molecule has 2 aromatic rings. The van der Waals surface area contributed by atoms with Crippen LogP contribution in [0.15, 0.2) is 24.4 Å². The van der Waals surface area contributed by atoms with Gasteiger partial charge < -0.3 is 19.1 Å². The lowest BCUT2D eigenvalue weighted by Gasteiger charge is -2.20. The average molecular weight is 373 g/mol. The number of ether oxygens (including phenoxy) is 3. The summed E-state index contributed by atoms with van der Waals surface area (Å²) in [5, 5.41) is 4.13. The van der Waals surface area contributed by atoms with Gasteiger partial charge in [0.05, 0.1) is 26.0 Å². The number of likely N-dealkylation sites (tertiary alicyclic amines) is 1. The van der Waals surface area contributed by atoms with E-state index in [-0.39, 0.29) is 11.9 Å². The van der Waals surface area contributed by atoms with E-state index in [2.05, 4.69) is 5.10 Å². The molecule has 8 nitrogen and oxygen atoms in total. The van der Waals surface area contributed by atoms with Crippen LogP contribution in [0.5, 0.6) is 11.5 Å². The Labute approximate surface area is 157 Å². The van der Waals surface area contributed by atoms with Crippen LogP contribution in [-0.2, 0) is 16.6 Å². The molecule has 0 bridgehead atoms. The molecule has 1 aromatic heterocycles. The fourth-order valence-corrected chi connectivity index (χ4v) is 3.32. The first-order valence-electron chi connectivity index (χ1n) is 8.55. The topological polar surface area (TPSA) is 82.9 Å². The molecule has 2 atom stereocenters. The Kier molecular flexibility index (Phi) is 5.07. The van der Waals surface area contributed by atoms with Gasteiger partial charge in [0.1, 0.15) is 17.1 Å². The molecular formula is C19H23N3O5.